The zero-order valence-corrected chi connectivity index (χ0v) is 12.1. The molecule has 1 aromatic heterocycles. The van der Waals surface area contributed by atoms with E-state index in [4.69, 9.17) is 0 Å². The van der Waals surface area contributed by atoms with Crippen LogP contribution in [0.2, 0.25) is 0 Å². The number of pyridine rings is 1. The van der Waals surface area contributed by atoms with Crippen molar-refractivity contribution in [3.8, 4) is 0 Å². The van der Waals surface area contributed by atoms with E-state index in [1.54, 1.807) is 0 Å². The molecule has 0 aliphatic rings. The monoisotopic (exact) mass is 290 g/mol. The number of fused-ring (bicyclic) bond motifs is 1. The van der Waals surface area contributed by atoms with Crippen LogP contribution in [0.3, 0.4) is 0 Å². The van der Waals surface area contributed by atoms with Crippen molar-refractivity contribution in [2.24, 2.45) is 0 Å². The molecule has 0 fully saturated rings. The van der Waals surface area contributed by atoms with Gasteiger partial charge in [0.15, 0.2) is 6.54 Å². The summed E-state index contributed by atoms with van der Waals surface area (Å²) in [5.74, 6) is -1.00. The lowest BCUT2D eigenvalue weighted by Gasteiger charge is -2.07. The molecule has 0 amide bonds. The number of carbonyl (C=O) groups is 1. The van der Waals surface area contributed by atoms with Crippen LogP contribution >= 0.6 is 0 Å². The maximum absolute atomic E-state index is 11.3. The van der Waals surface area contributed by atoms with Gasteiger partial charge in [-0.3, -0.25) is 0 Å². The Morgan fingerprint density at radius 1 is 0.955 bits per heavy atom. The van der Waals surface area contributed by atoms with Crippen molar-refractivity contribution in [1.29, 1.82) is 0 Å². The van der Waals surface area contributed by atoms with Gasteiger partial charge in [-0.1, -0.05) is 49.0 Å². The van der Waals surface area contributed by atoms with Crippen LogP contribution in [0.5, 0.6) is 0 Å². The molecular formula is C19H16NO2+. The van der Waals surface area contributed by atoms with Gasteiger partial charge >= 0.3 is 5.97 Å². The van der Waals surface area contributed by atoms with Gasteiger partial charge in [0.25, 0.3) is 0 Å². The van der Waals surface area contributed by atoms with E-state index < -0.39 is 5.97 Å². The summed E-state index contributed by atoms with van der Waals surface area (Å²) in [4.78, 5) is 11.3. The number of aliphatic carboxylic acids is 1. The van der Waals surface area contributed by atoms with Gasteiger partial charge < -0.3 is 5.11 Å². The molecule has 0 aliphatic heterocycles. The van der Waals surface area contributed by atoms with Gasteiger partial charge in [-0.05, 0) is 12.1 Å². The van der Waals surface area contributed by atoms with Crippen LogP contribution in [0.1, 0.15) is 11.3 Å². The second-order valence-corrected chi connectivity index (χ2v) is 5.13. The molecule has 0 spiro atoms. The summed E-state index contributed by atoms with van der Waals surface area (Å²) in [7, 11) is 0. The first-order valence-electron chi connectivity index (χ1n) is 7.05. The number of aromatic nitrogens is 1. The predicted octanol–water partition coefficient (Wildman–Crippen LogP) is 3.27. The minimum atomic E-state index is -1.00. The highest BCUT2D eigenvalue weighted by Gasteiger charge is 2.22. The van der Waals surface area contributed by atoms with Gasteiger partial charge in [-0.25, -0.2) is 4.79 Å². The van der Waals surface area contributed by atoms with Crippen molar-refractivity contribution in [1.82, 2.24) is 0 Å². The van der Waals surface area contributed by atoms with Crippen LogP contribution < -0.4 is 4.57 Å². The first kappa shape index (κ1) is 14.0. The molecule has 1 N–H and O–H groups in total. The summed E-state index contributed by atoms with van der Waals surface area (Å²) in [6.07, 6.45) is 0. The molecule has 1 heterocycles. The fourth-order valence-corrected chi connectivity index (χ4v) is 2.57. The van der Waals surface area contributed by atoms with Gasteiger partial charge in [-0.2, -0.15) is 4.57 Å². The van der Waals surface area contributed by atoms with Crippen molar-refractivity contribution in [2.45, 2.75) is 6.54 Å². The van der Waals surface area contributed by atoms with Crippen LogP contribution in [-0.4, -0.2) is 11.1 Å². The molecule has 3 aromatic rings. The molecule has 3 heteroatoms. The number of carboxylic acid groups (broad SMARTS) is 1. The number of hydrogen-bond donors (Lipinski definition) is 1. The Bertz CT molecular complexity index is 854. The molecule has 22 heavy (non-hydrogen) atoms. The Balaban J connectivity index is 2.20. The summed E-state index contributed by atoms with van der Waals surface area (Å²) < 4.78 is 2.00. The van der Waals surface area contributed by atoms with Crippen LogP contribution in [-0.2, 0) is 11.3 Å². The van der Waals surface area contributed by atoms with Gasteiger partial charge in [-0.15, -0.1) is 0 Å². The van der Waals surface area contributed by atoms with Crippen LogP contribution in [0.4, 0.5) is 0 Å². The molecule has 0 saturated carbocycles. The van der Waals surface area contributed by atoms with Gasteiger partial charge in [0.1, 0.15) is 5.57 Å². The van der Waals surface area contributed by atoms with Crippen LogP contribution in [0.15, 0.2) is 73.3 Å². The molecule has 0 aliphatic carbocycles. The number of rotatable bonds is 4. The second kappa shape index (κ2) is 5.82. The highest BCUT2D eigenvalue weighted by Crippen LogP contribution is 2.16. The van der Waals surface area contributed by atoms with E-state index in [1.807, 2.05) is 71.3 Å². The molecule has 0 unspecified atom stereocenters. The molecule has 3 nitrogen and oxygen atoms in total. The Kier molecular flexibility index (Phi) is 3.71. The minimum absolute atomic E-state index is 0.0988. The molecule has 0 saturated heterocycles. The molecule has 0 radical (unpaired) electrons. The number of para-hydroxylation sites is 1. The lowest BCUT2D eigenvalue weighted by atomic mass is 10.1. The third-order valence-corrected chi connectivity index (χ3v) is 3.69. The number of benzene rings is 2. The largest absolute Gasteiger partial charge is 0.477 e. The second-order valence-electron chi connectivity index (χ2n) is 5.13. The summed E-state index contributed by atoms with van der Waals surface area (Å²) in [5, 5.41) is 10.4. The Morgan fingerprint density at radius 2 is 1.64 bits per heavy atom. The van der Waals surface area contributed by atoms with E-state index in [9.17, 15) is 9.90 Å². The van der Waals surface area contributed by atoms with E-state index in [2.05, 4.69) is 6.58 Å². The predicted molar refractivity (Wildman–Crippen MR) is 86.4 cm³/mol. The van der Waals surface area contributed by atoms with E-state index in [-0.39, 0.29) is 5.57 Å². The summed E-state index contributed by atoms with van der Waals surface area (Å²) in [6, 6.07) is 21.7. The summed E-state index contributed by atoms with van der Waals surface area (Å²) in [5.41, 5.74) is 2.83. The highest BCUT2D eigenvalue weighted by molar-refractivity contribution is 6.13. The van der Waals surface area contributed by atoms with Gasteiger partial charge in [0, 0.05) is 23.1 Å². The summed E-state index contributed by atoms with van der Waals surface area (Å²) >= 11 is 0. The maximum atomic E-state index is 11.3. The molecule has 108 valence electrons. The van der Waals surface area contributed by atoms with E-state index >= 15 is 0 Å². The quantitative estimate of drug-likeness (QED) is 0.592. The van der Waals surface area contributed by atoms with Crippen molar-refractivity contribution in [3.63, 3.8) is 0 Å². The van der Waals surface area contributed by atoms with Crippen molar-refractivity contribution >= 4 is 22.4 Å². The number of carboxylic acids is 1. The maximum Gasteiger partial charge on any atom is 0.341 e. The Morgan fingerprint density at radius 3 is 2.36 bits per heavy atom. The fourth-order valence-electron chi connectivity index (χ4n) is 2.57. The standard InChI is InChI=1S/C19H15NO2/c1-14(19(21)22)17-12-11-16-9-5-6-10-18(16)20(17)13-15-7-3-2-4-8-15/h2-12H,1,13H2/p+1. The lowest BCUT2D eigenvalue weighted by molar-refractivity contribution is -0.664. The Hall–Kier alpha value is -2.94. The van der Waals surface area contributed by atoms with Crippen molar-refractivity contribution in [3.05, 3.63) is 84.6 Å². The van der Waals surface area contributed by atoms with Crippen molar-refractivity contribution < 1.29 is 14.5 Å². The number of nitrogens with zero attached hydrogens (tertiary/aromatic N) is 1. The zero-order valence-electron chi connectivity index (χ0n) is 12.1. The summed E-state index contributed by atoms with van der Waals surface area (Å²) in [6.45, 7) is 4.31. The average Bonchev–Trinajstić information content (AvgIpc) is 2.55. The average molecular weight is 290 g/mol. The highest BCUT2D eigenvalue weighted by atomic mass is 16.4. The van der Waals surface area contributed by atoms with E-state index in [1.165, 1.54) is 0 Å². The van der Waals surface area contributed by atoms with Crippen LogP contribution in [0, 0.1) is 0 Å². The SMILES string of the molecule is C=C(C(=O)O)c1ccc2ccccc2[n+]1Cc1ccccc1. The van der Waals surface area contributed by atoms with E-state index in [0.29, 0.717) is 12.2 Å². The van der Waals surface area contributed by atoms with Gasteiger partial charge in [0.05, 0.1) is 0 Å². The topological polar surface area (TPSA) is 41.2 Å². The fraction of sp³-hybridized carbons (Fsp3) is 0.0526. The Labute approximate surface area is 128 Å². The third-order valence-electron chi connectivity index (χ3n) is 3.69. The molecule has 0 atom stereocenters. The first-order chi connectivity index (χ1) is 10.7. The van der Waals surface area contributed by atoms with E-state index in [0.717, 1.165) is 16.5 Å². The number of hydrogen-bond acceptors (Lipinski definition) is 1. The normalized spacial score (nSPS) is 10.5. The molecule has 2 aromatic carbocycles. The van der Waals surface area contributed by atoms with Crippen LogP contribution in [0.25, 0.3) is 16.5 Å². The van der Waals surface area contributed by atoms with Crippen molar-refractivity contribution in [2.75, 3.05) is 0 Å². The zero-order chi connectivity index (χ0) is 15.5. The molecule has 3 rings (SSSR count). The molecule has 0 bridgehead atoms. The third kappa shape index (κ3) is 2.61. The minimum Gasteiger partial charge on any atom is -0.477 e. The lowest BCUT2D eigenvalue weighted by Crippen LogP contribution is -2.40. The first-order valence-corrected chi connectivity index (χ1v) is 7.05. The van der Waals surface area contributed by atoms with Gasteiger partial charge in [0.2, 0.25) is 11.2 Å². The smallest absolute Gasteiger partial charge is 0.341 e. The molecular weight excluding hydrogens is 274 g/mol.